The van der Waals surface area contributed by atoms with Gasteiger partial charge in [-0.25, -0.2) is 0 Å². The lowest BCUT2D eigenvalue weighted by Crippen LogP contribution is -2.67. The molecule has 1 saturated heterocycles. The molecule has 0 bridgehead atoms. The smallest absolute Gasteiger partial charge is 0.305 e. The Morgan fingerprint density at radius 2 is 1.37 bits per heavy atom. The summed E-state index contributed by atoms with van der Waals surface area (Å²) in [7, 11) is 0. The maximum atomic E-state index is 11.6. The normalized spacial score (nSPS) is 27.1. The summed E-state index contributed by atoms with van der Waals surface area (Å²) in [5.41, 5.74) is 0. The molecule has 0 amide bonds. The van der Waals surface area contributed by atoms with Crippen LogP contribution in [-0.2, 0) is 52.4 Å². The highest BCUT2D eigenvalue weighted by Crippen LogP contribution is 2.34. The minimum absolute atomic E-state index is 0.385. The molecular formula is C16H22O11. The van der Waals surface area contributed by atoms with Crippen LogP contribution in [0.15, 0.2) is 0 Å². The minimum Gasteiger partial charge on any atom is -0.459 e. The Morgan fingerprint density at radius 3 is 1.81 bits per heavy atom. The summed E-state index contributed by atoms with van der Waals surface area (Å²) in [6, 6.07) is 0. The molecule has 0 aromatic heterocycles. The standard InChI is InChI=1S/C16H22O11/c1-8(17)22-7-16(27-12(5)21)15(26-11(4)20)14(25-10(3)19)13(6-23-16)24-9(2)18/h13-15H,6-7H2,1-5H3/t13-,14-,15+,16?/m1/s1. The van der Waals surface area contributed by atoms with Crippen molar-refractivity contribution in [2.75, 3.05) is 13.2 Å². The fourth-order valence-corrected chi connectivity index (χ4v) is 2.51. The predicted octanol–water partition coefficient (Wildman–Crippen LogP) is -0.366. The van der Waals surface area contributed by atoms with Gasteiger partial charge in [-0.05, 0) is 0 Å². The van der Waals surface area contributed by atoms with E-state index in [1.54, 1.807) is 0 Å². The van der Waals surface area contributed by atoms with Gasteiger partial charge in [0.1, 0.15) is 0 Å². The van der Waals surface area contributed by atoms with Gasteiger partial charge in [0.15, 0.2) is 18.8 Å². The molecule has 1 unspecified atom stereocenters. The lowest BCUT2D eigenvalue weighted by molar-refractivity contribution is -0.338. The van der Waals surface area contributed by atoms with Crippen molar-refractivity contribution in [3.8, 4) is 0 Å². The van der Waals surface area contributed by atoms with Gasteiger partial charge in [-0.2, -0.15) is 0 Å². The molecule has 152 valence electrons. The predicted molar refractivity (Wildman–Crippen MR) is 83.7 cm³/mol. The van der Waals surface area contributed by atoms with E-state index >= 15 is 0 Å². The molecule has 0 spiro atoms. The molecule has 0 saturated carbocycles. The Kier molecular flexibility index (Phi) is 7.70. The Hall–Kier alpha value is -2.69. The molecule has 0 N–H and O–H groups in total. The molecule has 0 radical (unpaired) electrons. The average molecular weight is 390 g/mol. The van der Waals surface area contributed by atoms with E-state index in [0.717, 1.165) is 34.6 Å². The van der Waals surface area contributed by atoms with Gasteiger partial charge in [0.2, 0.25) is 6.10 Å². The van der Waals surface area contributed by atoms with Crippen molar-refractivity contribution in [3.63, 3.8) is 0 Å². The summed E-state index contributed by atoms with van der Waals surface area (Å²) in [6.45, 7) is 4.40. The van der Waals surface area contributed by atoms with Crippen LogP contribution in [-0.4, -0.2) is 67.2 Å². The van der Waals surface area contributed by atoms with Crippen LogP contribution < -0.4 is 0 Å². The highest BCUT2D eigenvalue weighted by atomic mass is 16.8. The quantitative estimate of drug-likeness (QED) is 0.433. The molecule has 1 heterocycles. The van der Waals surface area contributed by atoms with Crippen molar-refractivity contribution in [3.05, 3.63) is 0 Å². The fraction of sp³-hybridized carbons (Fsp3) is 0.688. The molecule has 1 aliphatic rings. The summed E-state index contributed by atoms with van der Waals surface area (Å²) >= 11 is 0. The lowest BCUT2D eigenvalue weighted by Gasteiger charge is -2.46. The van der Waals surface area contributed by atoms with Crippen LogP contribution >= 0.6 is 0 Å². The number of ether oxygens (including phenoxy) is 6. The highest BCUT2D eigenvalue weighted by molar-refractivity contribution is 5.69. The van der Waals surface area contributed by atoms with Crippen molar-refractivity contribution < 1.29 is 52.4 Å². The van der Waals surface area contributed by atoms with Crippen molar-refractivity contribution in [2.24, 2.45) is 0 Å². The third-order valence-corrected chi connectivity index (χ3v) is 3.30. The van der Waals surface area contributed by atoms with E-state index in [9.17, 15) is 24.0 Å². The monoisotopic (exact) mass is 390 g/mol. The maximum Gasteiger partial charge on any atom is 0.305 e. The summed E-state index contributed by atoms with van der Waals surface area (Å²) in [5, 5.41) is 0. The van der Waals surface area contributed by atoms with Crippen molar-refractivity contribution in [2.45, 2.75) is 58.7 Å². The zero-order valence-corrected chi connectivity index (χ0v) is 15.6. The first-order valence-electron chi connectivity index (χ1n) is 7.95. The van der Waals surface area contributed by atoms with Gasteiger partial charge < -0.3 is 28.4 Å². The van der Waals surface area contributed by atoms with Crippen molar-refractivity contribution in [1.82, 2.24) is 0 Å². The third-order valence-electron chi connectivity index (χ3n) is 3.30. The first-order valence-corrected chi connectivity index (χ1v) is 7.95. The molecule has 0 aromatic rings. The average Bonchev–Trinajstić information content (AvgIpc) is 2.49. The van der Waals surface area contributed by atoms with E-state index in [1.165, 1.54) is 0 Å². The second kappa shape index (κ2) is 9.31. The van der Waals surface area contributed by atoms with Gasteiger partial charge in [-0.15, -0.1) is 0 Å². The van der Waals surface area contributed by atoms with Crippen LogP contribution in [0, 0.1) is 0 Å². The van der Waals surface area contributed by atoms with Crippen LogP contribution in [0.5, 0.6) is 0 Å². The van der Waals surface area contributed by atoms with E-state index in [4.69, 9.17) is 28.4 Å². The Labute approximate surface area is 155 Å². The van der Waals surface area contributed by atoms with Crippen LogP contribution in [0.4, 0.5) is 0 Å². The van der Waals surface area contributed by atoms with Gasteiger partial charge in [0.25, 0.3) is 5.79 Å². The fourth-order valence-electron chi connectivity index (χ4n) is 2.51. The number of carbonyl (C=O) groups excluding carboxylic acids is 5. The lowest BCUT2D eigenvalue weighted by atomic mass is 9.96. The zero-order valence-electron chi connectivity index (χ0n) is 15.6. The summed E-state index contributed by atoms with van der Waals surface area (Å²) < 4.78 is 30.9. The van der Waals surface area contributed by atoms with Crippen LogP contribution in [0.3, 0.4) is 0 Å². The van der Waals surface area contributed by atoms with Gasteiger partial charge in [-0.1, -0.05) is 0 Å². The van der Waals surface area contributed by atoms with E-state index in [2.05, 4.69) is 0 Å². The van der Waals surface area contributed by atoms with Gasteiger partial charge in [-0.3, -0.25) is 24.0 Å². The van der Waals surface area contributed by atoms with Crippen molar-refractivity contribution in [1.29, 1.82) is 0 Å². The van der Waals surface area contributed by atoms with E-state index < -0.39 is 60.6 Å². The number of esters is 5. The second-order valence-corrected chi connectivity index (χ2v) is 5.75. The van der Waals surface area contributed by atoms with Crippen LogP contribution in [0.1, 0.15) is 34.6 Å². The highest BCUT2D eigenvalue weighted by Gasteiger charge is 2.59. The summed E-state index contributed by atoms with van der Waals surface area (Å²) in [4.78, 5) is 57.3. The molecule has 1 rings (SSSR count). The minimum atomic E-state index is -2.10. The summed E-state index contributed by atoms with van der Waals surface area (Å²) in [6.07, 6.45) is -4.10. The molecule has 0 aliphatic carbocycles. The third kappa shape index (κ3) is 6.51. The molecule has 11 nitrogen and oxygen atoms in total. The van der Waals surface area contributed by atoms with Crippen LogP contribution in [0.25, 0.3) is 0 Å². The van der Waals surface area contributed by atoms with Crippen LogP contribution in [0.2, 0.25) is 0 Å². The van der Waals surface area contributed by atoms with Gasteiger partial charge in [0.05, 0.1) is 6.61 Å². The first kappa shape index (κ1) is 22.4. The largest absolute Gasteiger partial charge is 0.459 e. The number of rotatable bonds is 6. The van der Waals surface area contributed by atoms with E-state index in [-0.39, 0.29) is 6.61 Å². The number of carbonyl (C=O) groups is 5. The Bertz CT molecular complexity index is 613. The number of hydrogen-bond donors (Lipinski definition) is 0. The van der Waals surface area contributed by atoms with E-state index in [1.807, 2.05) is 0 Å². The molecular weight excluding hydrogens is 368 g/mol. The number of hydrogen-bond acceptors (Lipinski definition) is 11. The SMILES string of the molecule is CC(=O)OCC1(OC(C)=O)OC[C@@H](OC(C)=O)[C@@H](OC(C)=O)[C@@H]1OC(C)=O. The molecule has 11 heteroatoms. The molecule has 1 aliphatic heterocycles. The first-order chi connectivity index (χ1) is 12.5. The summed E-state index contributed by atoms with van der Waals surface area (Å²) in [5.74, 6) is -5.98. The van der Waals surface area contributed by atoms with E-state index in [0.29, 0.717) is 0 Å². The molecule has 0 aromatic carbocycles. The Balaban J connectivity index is 3.37. The molecule has 1 fully saturated rings. The zero-order chi connectivity index (χ0) is 20.8. The van der Waals surface area contributed by atoms with Gasteiger partial charge >= 0.3 is 29.8 Å². The van der Waals surface area contributed by atoms with Gasteiger partial charge in [0, 0.05) is 34.6 Å². The molecule has 4 atom stereocenters. The maximum absolute atomic E-state index is 11.6. The Morgan fingerprint density at radius 1 is 0.815 bits per heavy atom. The topological polar surface area (TPSA) is 141 Å². The van der Waals surface area contributed by atoms with Crippen molar-refractivity contribution >= 4 is 29.8 Å². The second-order valence-electron chi connectivity index (χ2n) is 5.75. The molecule has 27 heavy (non-hydrogen) atoms.